The average Bonchev–Trinajstić information content (AvgIpc) is 2.99. The van der Waals surface area contributed by atoms with E-state index in [1.807, 2.05) is 6.07 Å². The summed E-state index contributed by atoms with van der Waals surface area (Å²) in [6, 6.07) is 13.8. The van der Waals surface area contributed by atoms with Crippen LogP contribution in [0.2, 0.25) is 0 Å². The third-order valence-electron chi connectivity index (χ3n) is 4.47. The van der Waals surface area contributed by atoms with Gasteiger partial charge in [-0.05, 0) is 42.3 Å². The first-order valence-electron chi connectivity index (χ1n) is 9.04. The van der Waals surface area contributed by atoms with Gasteiger partial charge in [0.15, 0.2) is 12.4 Å². The van der Waals surface area contributed by atoms with Crippen LogP contribution < -0.4 is 10.6 Å². The number of carbonyl (C=O) groups excluding carboxylic acids is 4. The van der Waals surface area contributed by atoms with Crippen LogP contribution in [0.1, 0.15) is 41.3 Å². The molecule has 0 radical (unpaired) electrons. The van der Waals surface area contributed by atoms with E-state index < -0.39 is 24.3 Å². The maximum absolute atomic E-state index is 12.5. The minimum absolute atomic E-state index is 0.0612. The first-order chi connectivity index (χ1) is 13.8. The number of anilines is 1. The molecule has 2 aromatic carbocycles. The molecule has 2 aromatic rings. The lowest BCUT2D eigenvalue weighted by molar-refractivity contribution is -0.139. The molecule has 1 atom stereocenters. The van der Waals surface area contributed by atoms with Crippen LogP contribution in [0, 0.1) is 0 Å². The quantitative estimate of drug-likeness (QED) is 0.447. The van der Waals surface area contributed by atoms with E-state index in [0.29, 0.717) is 16.8 Å². The Morgan fingerprint density at radius 1 is 1.14 bits per heavy atom. The van der Waals surface area contributed by atoms with E-state index in [0.717, 1.165) is 5.56 Å². The summed E-state index contributed by atoms with van der Waals surface area (Å²) < 4.78 is 5.11. The highest BCUT2D eigenvalue weighted by Crippen LogP contribution is 2.32. The number of nitrogens with one attached hydrogen (secondary N) is 2. The van der Waals surface area contributed by atoms with Crippen LogP contribution in [0.3, 0.4) is 0 Å². The van der Waals surface area contributed by atoms with Crippen LogP contribution in [-0.2, 0) is 19.1 Å². The van der Waals surface area contributed by atoms with Crippen molar-refractivity contribution in [1.29, 1.82) is 0 Å². The molecule has 0 aromatic heterocycles. The number of fused-ring (bicyclic) bond motifs is 1. The fourth-order valence-electron chi connectivity index (χ4n) is 2.93. The van der Waals surface area contributed by atoms with Crippen molar-refractivity contribution in [2.45, 2.75) is 19.8 Å². The minimum Gasteiger partial charge on any atom is -0.453 e. The molecular formula is C22H20N2O5. The van der Waals surface area contributed by atoms with Gasteiger partial charge < -0.3 is 15.4 Å². The highest BCUT2D eigenvalue weighted by molar-refractivity contribution is 6.05. The van der Waals surface area contributed by atoms with E-state index in [2.05, 4.69) is 10.6 Å². The topological polar surface area (TPSA) is 102 Å². The SMILES string of the molecule is CC(=O)N/C(=C\c1ccccc1)C(=O)OCC(=O)c1ccc2c(c1)[C@@H](C)C(=O)N2. The van der Waals surface area contributed by atoms with Gasteiger partial charge in [0.05, 0.1) is 5.92 Å². The monoisotopic (exact) mass is 392 g/mol. The van der Waals surface area contributed by atoms with Crippen molar-refractivity contribution in [3.05, 3.63) is 70.9 Å². The molecule has 1 aliphatic heterocycles. The lowest BCUT2D eigenvalue weighted by Gasteiger charge is -2.09. The van der Waals surface area contributed by atoms with Gasteiger partial charge in [-0.3, -0.25) is 14.4 Å². The maximum Gasteiger partial charge on any atom is 0.355 e. The molecule has 0 bridgehead atoms. The van der Waals surface area contributed by atoms with Crippen molar-refractivity contribution in [2.75, 3.05) is 11.9 Å². The van der Waals surface area contributed by atoms with Crippen molar-refractivity contribution in [3.63, 3.8) is 0 Å². The zero-order valence-electron chi connectivity index (χ0n) is 16.0. The van der Waals surface area contributed by atoms with Crippen molar-refractivity contribution in [3.8, 4) is 0 Å². The number of hydrogen-bond acceptors (Lipinski definition) is 5. The van der Waals surface area contributed by atoms with E-state index in [9.17, 15) is 19.2 Å². The summed E-state index contributed by atoms with van der Waals surface area (Å²) in [5, 5.41) is 5.16. The van der Waals surface area contributed by atoms with Gasteiger partial charge in [0.25, 0.3) is 0 Å². The summed E-state index contributed by atoms with van der Waals surface area (Å²) in [6.45, 7) is 2.54. The fourth-order valence-corrected chi connectivity index (χ4v) is 2.93. The number of carbonyl (C=O) groups is 4. The Morgan fingerprint density at radius 2 is 1.86 bits per heavy atom. The Labute approximate surface area is 167 Å². The van der Waals surface area contributed by atoms with Crippen LogP contribution in [0.5, 0.6) is 0 Å². The summed E-state index contributed by atoms with van der Waals surface area (Å²) >= 11 is 0. The number of amides is 2. The maximum atomic E-state index is 12.5. The molecule has 0 spiro atoms. The third-order valence-corrected chi connectivity index (χ3v) is 4.47. The number of rotatable bonds is 6. The summed E-state index contributed by atoms with van der Waals surface area (Å²) in [5.41, 5.74) is 2.39. The molecular weight excluding hydrogens is 372 g/mol. The van der Waals surface area contributed by atoms with Crippen molar-refractivity contribution in [2.24, 2.45) is 0 Å². The number of ketones is 1. The Bertz CT molecular complexity index is 1010. The van der Waals surface area contributed by atoms with Crippen molar-refractivity contribution >= 4 is 35.3 Å². The molecule has 0 saturated carbocycles. The second-order valence-corrected chi connectivity index (χ2v) is 6.66. The summed E-state index contributed by atoms with van der Waals surface area (Å²) in [7, 11) is 0. The van der Waals surface area contributed by atoms with Crippen molar-refractivity contribution in [1.82, 2.24) is 5.32 Å². The van der Waals surface area contributed by atoms with E-state index in [-0.39, 0.29) is 17.5 Å². The molecule has 0 unspecified atom stereocenters. The molecule has 148 valence electrons. The smallest absolute Gasteiger partial charge is 0.355 e. The highest BCUT2D eigenvalue weighted by Gasteiger charge is 2.27. The Hall–Kier alpha value is -3.74. The summed E-state index contributed by atoms with van der Waals surface area (Å²) in [4.78, 5) is 48.0. The van der Waals surface area contributed by atoms with E-state index >= 15 is 0 Å². The molecule has 1 heterocycles. The normalized spacial score (nSPS) is 15.3. The van der Waals surface area contributed by atoms with Gasteiger partial charge in [-0.1, -0.05) is 30.3 Å². The van der Waals surface area contributed by atoms with Gasteiger partial charge in [0, 0.05) is 18.2 Å². The van der Waals surface area contributed by atoms with Gasteiger partial charge in [-0.2, -0.15) is 0 Å². The van der Waals surface area contributed by atoms with Gasteiger partial charge in [-0.25, -0.2) is 4.79 Å². The van der Waals surface area contributed by atoms with E-state index in [1.165, 1.54) is 13.0 Å². The lowest BCUT2D eigenvalue weighted by Crippen LogP contribution is -2.27. The molecule has 2 amide bonds. The molecule has 0 fully saturated rings. The fraction of sp³-hybridized carbons (Fsp3) is 0.182. The number of benzene rings is 2. The van der Waals surface area contributed by atoms with Crippen molar-refractivity contribution < 1.29 is 23.9 Å². The Morgan fingerprint density at radius 3 is 2.55 bits per heavy atom. The van der Waals surface area contributed by atoms with Gasteiger partial charge in [0.2, 0.25) is 11.8 Å². The second kappa shape index (κ2) is 8.52. The molecule has 29 heavy (non-hydrogen) atoms. The predicted octanol–water partition coefficient (Wildman–Crippen LogP) is 2.65. The predicted molar refractivity (Wildman–Crippen MR) is 107 cm³/mol. The number of Topliss-reactive ketones (excluding diaryl/α,β-unsaturated/α-hetero) is 1. The summed E-state index contributed by atoms with van der Waals surface area (Å²) in [5.74, 6) is -2.12. The molecule has 0 saturated heterocycles. The van der Waals surface area contributed by atoms with E-state index in [4.69, 9.17) is 4.74 Å². The number of ether oxygens (including phenoxy) is 1. The minimum atomic E-state index is -0.816. The largest absolute Gasteiger partial charge is 0.453 e. The Balaban J connectivity index is 1.70. The summed E-state index contributed by atoms with van der Waals surface area (Å²) in [6.07, 6.45) is 1.47. The zero-order chi connectivity index (χ0) is 21.0. The Kier molecular flexibility index (Phi) is 5.87. The average molecular weight is 392 g/mol. The number of esters is 1. The first kappa shape index (κ1) is 20.0. The van der Waals surface area contributed by atoms with Crippen LogP contribution in [-0.4, -0.2) is 30.2 Å². The third kappa shape index (κ3) is 4.76. The molecule has 1 aliphatic rings. The molecule has 3 rings (SSSR count). The second-order valence-electron chi connectivity index (χ2n) is 6.66. The molecule has 7 nitrogen and oxygen atoms in total. The first-order valence-corrected chi connectivity index (χ1v) is 9.04. The van der Waals surface area contributed by atoms with Gasteiger partial charge in [-0.15, -0.1) is 0 Å². The lowest BCUT2D eigenvalue weighted by atomic mass is 9.99. The highest BCUT2D eigenvalue weighted by atomic mass is 16.5. The van der Waals surface area contributed by atoms with Crippen LogP contribution >= 0.6 is 0 Å². The van der Waals surface area contributed by atoms with Crippen LogP contribution in [0.4, 0.5) is 5.69 Å². The van der Waals surface area contributed by atoms with Gasteiger partial charge in [0.1, 0.15) is 5.70 Å². The van der Waals surface area contributed by atoms with Crippen LogP contribution in [0.25, 0.3) is 6.08 Å². The van der Waals surface area contributed by atoms with Crippen LogP contribution in [0.15, 0.2) is 54.2 Å². The molecule has 7 heteroatoms. The number of hydrogen-bond donors (Lipinski definition) is 2. The molecule has 2 N–H and O–H groups in total. The zero-order valence-corrected chi connectivity index (χ0v) is 16.0. The standard InChI is InChI=1S/C22H20N2O5/c1-13-17-11-16(8-9-18(17)24-21(13)27)20(26)12-29-22(28)19(23-14(2)25)10-15-6-4-3-5-7-15/h3-11,13H,12H2,1-2H3,(H,23,25)(H,24,27)/b19-10-/t13-/m1/s1. The molecule has 0 aliphatic carbocycles. The van der Waals surface area contributed by atoms with Gasteiger partial charge >= 0.3 is 5.97 Å². The van der Waals surface area contributed by atoms with E-state index in [1.54, 1.807) is 49.4 Å².